The molecule has 0 bridgehead atoms. The van der Waals surface area contributed by atoms with Gasteiger partial charge in [0, 0.05) is 19.1 Å². The van der Waals surface area contributed by atoms with E-state index in [1.54, 1.807) is 14.2 Å². The Hall–Kier alpha value is -1.46. The lowest BCUT2D eigenvalue weighted by Crippen LogP contribution is -2.61. The van der Waals surface area contributed by atoms with Crippen LogP contribution >= 0.6 is 11.6 Å². The lowest BCUT2D eigenvalue weighted by atomic mass is 9.84. The standard InChI is InChI=1S/C20H29ClN2O3/c1-14(2)23-12-6-10-20(19(23)24)9-5-11-22(20)13-15-7-8-16(25-3)18(26-4)17(15)21/h7-8,14H,5-6,9-13H2,1-4H3. The molecule has 2 aliphatic rings. The Balaban J connectivity index is 1.89. The van der Waals surface area contributed by atoms with Gasteiger partial charge in [0.1, 0.15) is 5.54 Å². The number of ether oxygens (including phenoxy) is 2. The van der Waals surface area contributed by atoms with Crippen molar-refractivity contribution in [2.24, 2.45) is 0 Å². The van der Waals surface area contributed by atoms with Crippen molar-refractivity contribution in [1.29, 1.82) is 0 Å². The van der Waals surface area contributed by atoms with Crippen molar-refractivity contribution in [3.05, 3.63) is 22.7 Å². The molecule has 0 N–H and O–H groups in total. The van der Waals surface area contributed by atoms with Crippen LogP contribution in [0.1, 0.15) is 45.1 Å². The van der Waals surface area contributed by atoms with E-state index in [1.807, 2.05) is 17.0 Å². The second kappa shape index (κ2) is 7.65. The van der Waals surface area contributed by atoms with E-state index in [0.29, 0.717) is 23.1 Å². The third kappa shape index (κ3) is 3.16. The summed E-state index contributed by atoms with van der Waals surface area (Å²) < 4.78 is 10.8. The summed E-state index contributed by atoms with van der Waals surface area (Å²) in [6.07, 6.45) is 3.96. The second-order valence-corrected chi connectivity index (χ2v) is 7.90. The number of amides is 1. The van der Waals surface area contributed by atoms with E-state index in [1.165, 1.54) is 0 Å². The highest BCUT2D eigenvalue weighted by Gasteiger charge is 2.51. The average Bonchev–Trinajstić information content (AvgIpc) is 3.01. The minimum atomic E-state index is -0.376. The summed E-state index contributed by atoms with van der Waals surface area (Å²) in [5, 5.41) is 0.567. The topological polar surface area (TPSA) is 42.0 Å². The van der Waals surface area contributed by atoms with Crippen molar-refractivity contribution >= 4 is 17.5 Å². The van der Waals surface area contributed by atoms with Crippen LogP contribution in [0.15, 0.2) is 12.1 Å². The average molecular weight is 381 g/mol. The van der Waals surface area contributed by atoms with Crippen LogP contribution < -0.4 is 9.47 Å². The molecular weight excluding hydrogens is 352 g/mol. The van der Waals surface area contributed by atoms with E-state index < -0.39 is 0 Å². The van der Waals surface area contributed by atoms with Crippen LogP contribution in [0.25, 0.3) is 0 Å². The maximum absolute atomic E-state index is 13.3. The molecule has 3 rings (SSSR count). The number of halogens is 1. The number of rotatable bonds is 5. The molecule has 5 nitrogen and oxygen atoms in total. The zero-order chi connectivity index (χ0) is 18.9. The number of carbonyl (C=O) groups excluding carboxylic acids is 1. The first kappa shape index (κ1) is 19.3. The highest BCUT2D eigenvalue weighted by molar-refractivity contribution is 6.33. The van der Waals surface area contributed by atoms with Gasteiger partial charge in [-0.3, -0.25) is 9.69 Å². The van der Waals surface area contributed by atoms with Gasteiger partial charge < -0.3 is 14.4 Å². The Morgan fingerprint density at radius 3 is 2.46 bits per heavy atom. The molecule has 0 aliphatic carbocycles. The van der Waals surface area contributed by atoms with Crippen LogP contribution in [-0.2, 0) is 11.3 Å². The van der Waals surface area contributed by atoms with Gasteiger partial charge in [0.05, 0.1) is 19.2 Å². The zero-order valence-electron chi connectivity index (χ0n) is 16.2. The number of likely N-dealkylation sites (tertiary alicyclic amines) is 2. The van der Waals surface area contributed by atoms with Gasteiger partial charge >= 0.3 is 0 Å². The molecular formula is C20H29ClN2O3. The van der Waals surface area contributed by atoms with Crippen molar-refractivity contribution in [1.82, 2.24) is 9.80 Å². The molecule has 2 aliphatic heterocycles. The SMILES string of the molecule is COc1ccc(CN2CCCC23CCCN(C(C)C)C3=O)c(Cl)c1OC. The number of hydrogen-bond acceptors (Lipinski definition) is 4. The largest absolute Gasteiger partial charge is 0.493 e. The molecule has 144 valence electrons. The molecule has 6 heteroatoms. The fourth-order valence-corrected chi connectivity index (χ4v) is 4.75. The van der Waals surface area contributed by atoms with Crippen LogP contribution in [0.5, 0.6) is 11.5 Å². The maximum atomic E-state index is 13.3. The highest BCUT2D eigenvalue weighted by atomic mass is 35.5. The van der Waals surface area contributed by atoms with Gasteiger partial charge in [0.25, 0.3) is 0 Å². The smallest absolute Gasteiger partial charge is 0.243 e. The van der Waals surface area contributed by atoms with E-state index in [0.717, 1.165) is 44.3 Å². The van der Waals surface area contributed by atoms with Gasteiger partial charge in [-0.1, -0.05) is 17.7 Å². The van der Waals surface area contributed by atoms with Crippen LogP contribution in [-0.4, -0.2) is 54.6 Å². The number of nitrogens with zero attached hydrogens (tertiary/aromatic N) is 2. The molecule has 0 radical (unpaired) electrons. The second-order valence-electron chi connectivity index (χ2n) is 7.53. The summed E-state index contributed by atoms with van der Waals surface area (Å²) >= 11 is 6.59. The molecule has 1 amide bonds. The van der Waals surface area contributed by atoms with Gasteiger partial charge in [0.15, 0.2) is 11.5 Å². The minimum Gasteiger partial charge on any atom is -0.493 e. The Morgan fingerprint density at radius 2 is 1.85 bits per heavy atom. The van der Waals surface area contributed by atoms with Gasteiger partial charge in [-0.15, -0.1) is 0 Å². The highest BCUT2D eigenvalue weighted by Crippen LogP contribution is 2.42. The lowest BCUT2D eigenvalue weighted by Gasteiger charge is -2.46. The van der Waals surface area contributed by atoms with Crippen LogP contribution in [0.2, 0.25) is 5.02 Å². The van der Waals surface area contributed by atoms with Gasteiger partial charge in [-0.05, 0) is 57.7 Å². The molecule has 2 fully saturated rings. The first-order chi connectivity index (χ1) is 12.4. The molecule has 1 aromatic carbocycles. The molecule has 0 aromatic heterocycles. The molecule has 1 spiro atoms. The Kier molecular flexibility index (Phi) is 5.68. The van der Waals surface area contributed by atoms with E-state index in [9.17, 15) is 4.79 Å². The van der Waals surface area contributed by atoms with E-state index in [2.05, 4.69) is 18.7 Å². The maximum Gasteiger partial charge on any atom is 0.243 e. The monoisotopic (exact) mass is 380 g/mol. The van der Waals surface area contributed by atoms with Crippen molar-refractivity contribution in [3.63, 3.8) is 0 Å². The van der Waals surface area contributed by atoms with E-state index in [4.69, 9.17) is 21.1 Å². The number of methoxy groups -OCH3 is 2. The summed E-state index contributed by atoms with van der Waals surface area (Å²) in [6.45, 7) is 6.63. The molecule has 26 heavy (non-hydrogen) atoms. The quantitative estimate of drug-likeness (QED) is 0.780. The first-order valence-electron chi connectivity index (χ1n) is 9.40. The number of piperidine rings is 1. The predicted molar refractivity (Wildman–Crippen MR) is 103 cm³/mol. The fourth-order valence-electron chi connectivity index (χ4n) is 4.46. The summed E-state index contributed by atoms with van der Waals surface area (Å²) in [5.74, 6) is 1.46. The molecule has 2 saturated heterocycles. The van der Waals surface area contributed by atoms with E-state index in [-0.39, 0.29) is 17.5 Å². The Morgan fingerprint density at radius 1 is 1.15 bits per heavy atom. The van der Waals surface area contributed by atoms with Gasteiger partial charge in [0.2, 0.25) is 5.91 Å². The summed E-state index contributed by atoms with van der Waals surface area (Å²) in [5.41, 5.74) is 0.596. The molecule has 1 atom stereocenters. The van der Waals surface area contributed by atoms with Crippen LogP contribution in [0.4, 0.5) is 0 Å². The number of carbonyl (C=O) groups is 1. The van der Waals surface area contributed by atoms with Crippen LogP contribution in [0.3, 0.4) is 0 Å². The molecule has 2 heterocycles. The fraction of sp³-hybridized carbons (Fsp3) is 0.650. The minimum absolute atomic E-state index is 0.242. The number of hydrogen-bond donors (Lipinski definition) is 0. The Bertz CT molecular complexity index is 679. The van der Waals surface area contributed by atoms with E-state index >= 15 is 0 Å². The normalized spacial score (nSPS) is 23.9. The summed E-state index contributed by atoms with van der Waals surface area (Å²) in [7, 11) is 3.19. The van der Waals surface area contributed by atoms with Crippen LogP contribution in [0, 0.1) is 0 Å². The molecule has 1 unspecified atom stereocenters. The first-order valence-corrected chi connectivity index (χ1v) is 9.78. The third-order valence-corrected chi connectivity index (χ3v) is 6.24. The predicted octanol–water partition coefficient (Wildman–Crippen LogP) is 3.72. The summed E-state index contributed by atoms with van der Waals surface area (Å²) in [4.78, 5) is 17.7. The van der Waals surface area contributed by atoms with Crippen molar-refractivity contribution in [2.45, 2.75) is 57.7 Å². The number of benzene rings is 1. The van der Waals surface area contributed by atoms with Crippen molar-refractivity contribution < 1.29 is 14.3 Å². The third-order valence-electron chi connectivity index (χ3n) is 5.82. The lowest BCUT2D eigenvalue weighted by molar-refractivity contribution is -0.149. The zero-order valence-corrected chi connectivity index (χ0v) is 16.9. The molecule has 1 aromatic rings. The summed E-state index contributed by atoms with van der Waals surface area (Å²) in [6, 6.07) is 4.10. The van der Waals surface area contributed by atoms with Crippen molar-refractivity contribution in [3.8, 4) is 11.5 Å². The van der Waals surface area contributed by atoms with Crippen molar-refractivity contribution in [2.75, 3.05) is 27.3 Å². The van der Waals surface area contributed by atoms with Gasteiger partial charge in [-0.25, -0.2) is 0 Å². The molecule has 0 saturated carbocycles. The van der Waals surface area contributed by atoms with Gasteiger partial charge in [-0.2, -0.15) is 0 Å². The Labute approximate surface area is 161 Å².